The van der Waals surface area contributed by atoms with E-state index >= 15 is 0 Å². The van der Waals surface area contributed by atoms with Gasteiger partial charge in [-0.1, -0.05) is 18.2 Å². The summed E-state index contributed by atoms with van der Waals surface area (Å²) in [6.45, 7) is 1.80. The predicted octanol–water partition coefficient (Wildman–Crippen LogP) is 4.12. The Balaban J connectivity index is 1.72. The minimum absolute atomic E-state index is 0.200. The van der Waals surface area contributed by atoms with E-state index in [2.05, 4.69) is 4.72 Å². The number of benzene rings is 3. The van der Waals surface area contributed by atoms with Crippen molar-refractivity contribution in [3.63, 3.8) is 0 Å². The Morgan fingerprint density at radius 3 is 2.28 bits per heavy atom. The van der Waals surface area contributed by atoms with Gasteiger partial charge >= 0.3 is 0 Å². The minimum atomic E-state index is -4.06. The first-order valence-electron chi connectivity index (χ1n) is 9.44. The predicted molar refractivity (Wildman–Crippen MR) is 117 cm³/mol. The fourth-order valence-electron chi connectivity index (χ4n) is 3.00. The largest absolute Gasteiger partial charge is 0.337 e. The van der Waals surface area contributed by atoms with Crippen LogP contribution in [0, 0.1) is 22.9 Å². The zero-order chi connectivity index (χ0) is 23.5. The summed E-state index contributed by atoms with van der Waals surface area (Å²) in [4.78, 5) is 24.3. The number of nitrogens with zero attached hydrogens (tertiary/aromatic N) is 2. The van der Waals surface area contributed by atoms with Crippen molar-refractivity contribution >= 4 is 27.3 Å². The van der Waals surface area contributed by atoms with Crippen molar-refractivity contribution in [1.29, 1.82) is 0 Å². The summed E-state index contributed by atoms with van der Waals surface area (Å²) in [5, 5.41) is 11.1. The molecule has 0 radical (unpaired) electrons. The molecule has 1 amide bonds. The number of carbonyl (C=O) groups excluding carboxylic acids is 1. The van der Waals surface area contributed by atoms with Crippen LogP contribution < -0.4 is 4.72 Å². The maximum absolute atomic E-state index is 13.0. The highest BCUT2D eigenvalue weighted by molar-refractivity contribution is 7.92. The second-order valence-corrected chi connectivity index (χ2v) is 8.86. The first-order chi connectivity index (χ1) is 15.1. The van der Waals surface area contributed by atoms with E-state index in [1.807, 2.05) is 0 Å². The Kier molecular flexibility index (Phi) is 6.54. The molecule has 3 aromatic rings. The number of rotatable bonds is 7. The zero-order valence-corrected chi connectivity index (χ0v) is 18.1. The van der Waals surface area contributed by atoms with Crippen molar-refractivity contribution in [1.82, 2.24) is 4.90 Å². The summed E-state index contributed by atoms with van der Waals surface area (Å²) in [5.74, 6) is -0.654. The molecule has 0 aliphatic rings. The lowest BCUT2D eigenvalue weighted by atomic mass is 10.1. The van der Waals surface area contributed by atoms with E-state index in [0.29, 0.717) is 11.1 Å². The van der Waals surface area contributed by atoms with Gasteiger partial charge in [-0.3, -0.25) is 19.6 Å². The average molecular weight is 457 g/mol. The molecule has 0 saturated heterocycles. The monoisotopic (exact) mass is 457 g/mol. The van der Waals surface area contributed by atoms with Crippen LogP contribution in [-0.4, -0.2) is 31.2 Å². The molecule has 32 heavy (non-hydrogen) atoms. The first-order valence-corrected chi connectivity index (χ1v) is 10.9. The second-order valence-electron chi connectivity index (χ2n) is 7.18. The van der Waals surface area contributed by atoms with E-state index in [-0.39, 0.29) is 34.5 Å². The molecule has 8 nitrogen and oxygen atoms in total. The third kappa shape index (κ3) is 5.27. The first kappa shape index (κ1) is 22.9. The Hall–Kier alpha value is -3.79. The zero-order valence-electron chi connectivity index (χ0n) is 17.3. The molecule has 0 spiro atoms. The van der Waals surface area contributed by atoms with Crippen LogP contribution in [0.5, 0.6) is 0 Å². The number of carbonyl (C=O) groups is 1. The van der Waals surface area contributed by atoms with Gasteiger partial charge in [-0.15, -0.1) is 0 Å². The van der Waals surface area contributed by atoms with E-state index in [1.165, 1.54) is 60.4 Å². The summed E-state index contributed by atoms with van der Waals surface area (Å²) in [5.41, 5.74) is 1.35. The highest BCUT2D eigenvalue weighted by atomic mass is 32.2. The number of nitro groups is 1. The Morgan fingerprint density at radius 2 is 1.69 bits per heavy atom. The van der Waals surface area contributed by atoms with Gasteiger partial charge < -0.3 is 4.90 Å². The van der Waals surface area contributed by atoms with Crippen molar-refractivity contribution in [2.45, 2.75) is 18.4 Å². The van der Waals surface area contributed by atoms with Crippen LogP contribution in [0.15, 0.2) is 71.6 Å². The molecule has 1 N–H and O–H groups in total. The lowest BCUT2D eigenvalue weighted by Crippen LogP contribution is -2.26. The molecule has 3 rings (SSSR count). The quantitative estimate of drug-likeness (QED) is 0.424. The Bertz CT molecular complexity index is 1260. The van der Waals surface area contributed by atoms with Gasteiger partial charge in [0.15, 0.2) is 0 Å². The second kappa shape index (κ2) is 9.15. The van der Waals surface area contributed by atoms with E-state index < -0.39 is 14.9 Å². The summed E-state index contributed by atoms with van der Waals surface area (Å²) >= 11 is 0. The highest BCUT2D eigenvalue weighted by Gasteiger charge is 2.20. The molecule has 0 aromatic heterocycles. The highest BCUT2D eigenvalue weighted by Crippen LogP contribution is 2.24. The molecule has 166 valence electrons. The standard InChI is InChI=1S/C22H20FN3O5S/c1-15-3-12-20(13-21(15)26(28)29)32(30,31)24-19-10-6-17(7-11-19)22(27)25(2)14-16-4-8-18(23)9-5-16/h3-13,24H,14H2,1-2H3. The number of amides is 1. The molecule has 0 bridgehead atoms. The Morgan fingerprint density at radius 1 is 1.06 bits per heavy atom. The molecule has 0 aliphatic carbocycles. The van der Waals surface area contributed by atoms with Crippen molar-refractivity contribution in [3.8, 4) is 0 Å². The van der Waals surface area contributed by atoms with E-state index in [9.17, 15) is 27.7 Å². The van der Waals surface area contributed by atoms with Gasteiger partial charge in [0.1, 0.15) is 5.82 Å². The number of nitrogens with one attached hydrogen (secondary N) is 1. The lowest BCUT2D eigenvalue weighted by molar-refractivity contribution is -0.385. The van der Waals surface area contributed by atoms with E-state index in [0.717, 1.165) is 11.6 Å². The topological polar surface area (TPSA) is 110 Å². The van der Waals surface area contributed by atoms with Crippen LogP contribution in [0.3, 0.4) is 0 Å². The molecule has 10 heteroatoms. The molecule has 0 fully saturated rings. The normalized spacial score (nSPS) is 11.1. The molecular weight excluding hydrogens is 437 g/mol. The minimum Gasteiger partial charge on any atom is -0.337 e. The van der Waals surface area contributed by atoms with Crippen LogP contribution in [0.25, 0.3) is 0 Å². The fourth-order valence-corrected chi connectivity index (χ4v) is 4.08. The van der Waals surface area contributed by atoms with Crippen LogP contribution in [0.2, 0.25) is 0 Å². The molecule has 0 saturated carbocycles. The number of anilines is 1. The van der Waals surface area contributed by atoms with Gasteiger partial charge in [-0.05, 0) is 55.0 Å². The Labute approximate surface area is 184 Å². The molecular formula is C22H20FN3O5S. The van der Waals surface area contributed by atoms with Crippen molar-refractivity contribution in [3.05, 3.63) is 99.4 Å². The van der Waals surface area contributed by atoms with Gasteiger partial charge in [-0.2, -0.15) is 0 Å². The van der Waals surface area contributed by atoms with Crippen LogP contribution in [-0.2, 0) is 16.6 Å². The van der Waals surface area contributed by atoms with Gasteiger partial charge in [0, 0.05) is 36.5 Å². The fraction of sp³-hybridized carbons (Fsp3) is 0.136. The average Bonchev–Trinajstić information content (AvgIpc) is 2.75. The lowest BCUT2D eigenvalue weighted by Gasteiger charge is -2.17. The van der Waals surface area contributed by atoms with Crippen molar-refractivity contribution < 1.29 is 22.5 Å². The summed E-state index contributed by atoms with van der Waals surface area (Å²) in [6.07, 6.45) is 0. The molecule has 0 atom stereocenters. The number of nitro benzene ring substituents is 1. The van der Waals surface area contributed by atoms with Crippen LogP contribution >= 0.6 is 0 Å². The summed E-state index contributed by atoms with van der Waals surface area (Å²) in [7, 11) is -2.46. The van der Waals surface area contributed by atoms with Gasteiger partial charge in [0.25, 0.3) is 21.6 Å². The number of sulfonamides is 1. The maximum atomic E-state index is 13.0. The number of halogens is 1. The third-order valence-corrected chi connectivity index (χ3v) is 6.13. The molecule has 0 unspecified atom stereocenters. The van der Waals surface area contributed by atoms with Crippen molar-refractivity contribution in [2.75, 3.05) is 11.8 Å². The van der Waals surface area contributed by atoms with Gasteiger partial charge in [0.2, 0.25) is 0 Å². The van der Waals surface area contributed by atoms with Crippen LogP contribution in [0.1, 0.15) is 21.5 Å². The SMILES string of the molecule is Cc1ccc(S(=O)(=O)Nc2ccc(C(=O)N(C)Cc3ccc(F)cc3)cc2)cc1[N+](=O)[O-]. The van der Waals surface area contributed by atoms with Gasteiger partial charge in [-0.25, -0.2) is 12.8 Å². The molecule has 3 aromatic carbocycles. The number of hydrogen-bond acceptors (Lipinski definition) is 5. The third-order valence-electron chi connectivity index (χ3n) is 4.75. The maximum Gasteiger partial charge on any atom is 0.273 e. The number of aryl methyl sites for hydroxylation is 1. The number of hydrogen-bond donors (Lipinski definition) is 1. The van der Waals surface area contributed by atoms with Crippen LogP contribution in [0.4, 0.5) is 15.8 Å². The summed E-state index contributed by atoms with van der Waals surface area (Å²) in [6, 6.07) is 15.3. The van der Waals surface area contributed by atoms with Gasteiger partial charge in [0.05, 0.1) is 9.82 Å². The molecule has 0 heterocycles. The smallest absolute Gasteiger partial charge is 0.273 e. The van der Waals surface area contributed by atoms with E-state index in [4.69, 9.17) is 0 Å². The molecule has 0 aliphatic heterocycles. The summed E-state index contributed by atoms with van der Waals surface area (Å²) < 4.78 is 40.6. The van der Waals surface area contributed by atoms with Crippen molar-refractivity contribution in [2.24, 2.45) is 0 Å². The van der Waals surface area contributed by atoms with E-state index in [1.54, 1.807) is 19.2 Å².